The van der Waals surface area contributed by atoms with Crippen molar-refractivity contribution in [1.29, 1.82) is 0 Å². The lowest BCUT2D eigenvalue weighted by Crippen LogP contribution is -2.28. The molecule has 0 unspecified atom stereocenters. The summed E-state index contributed by atoms with van der Waals surface area (Å²) in [7, 11) is 5.92. The highest BCUT2D eigenvalue weighted by atomic mass is 35.7. The molecule has 1 N–H and O–H groups in total. The van der Waals surface area contributed by atoms with Crippen molar-refractivity contribution in [3.8, 4) is 0 Å². The second-order valence-electron chi connectivity index (χ2n) is 2.91. The lowest BCUT2D eigenvalue weighted by molar-refractivity contribution is -0.115. The Morgan fingerprint density at radius 3 is 2.33 bits per heavy atom. The largest absolute Gasteiger partial charge is 0.323 e. The predicted molar refractivity (Wildman–Crippen MR) is 67.7 cm³/mol. The van der Waals surface area contributed by atoms with Gasteiger partial charge in [0.2, 0.25) is 0 Å². The number of carbonyl (C=O) groups excluding carboxylic acids is 1. The monoisotopic (exact) mass is 283 g/mol. The average Bonchev–Trinajstić information content (AvgIpc) is 2.21. The average molecular weight is 285 g/mol. The number of hydrogen-bond acceptors (Lipinski definition) is 2. The summed E-state index contributed by atoms with van der Waals surface area (Å²) in [5, 5.41) is 2.55. The fourth-order valence-corrected chi connectivity index (χ4v) is 1.30. The van der Waals surface area contributed by atoms with Crippen LogP contribution in [-0.2, 0) is 4.79 Å². The summed E-state index contributed by atoms with van der Waals surface area (Å²) in [5.74, 6) is -0.560. The van der Waals surface area contributed by atoms with Crippen molar-refractivity contribution in [3.05, 3.63) is 29.8 Å². The zero-order valence-electron chi connectivity index (χ0n) is 7.76. The molecule has 1 rings (SSSR count). The number of aryl methyl sites for hydroxylation is 1. The first-order valence-electron chi connectivity index (χ1n) is 4.01. The van der Waals surface area contributed by atoms with E-state index in [1.54, 1.807) is 12.1 Å². The Morgan fingerprint density at radius 2 is 1.87 bits per heavy atom. The molecule has 6 heteroatoms. The molecule has 82 valence electrons. The van der Waals surface area contributed by atoms with Crippen molar-refractivity contribution in [2.45, 2.75) is 10.6 Å². The van der Waals surface area contributed by atoms with Gasteiger partial charge in [-0.2, -0.15) is 0 Å². The molecule has 0 atom stereocenters. The number of rotatable bonds is 3. The number of halogens is 3. The number of anilines is 1. The van der Waals surface area contributed by atoms with E-state index >= 15 is 0 Å². The van der Waals surface area contributed by atoms with Crippen LogP contribution in [-0.4, -0.2) is 9.57 Å². The molecule has 0 aliphatic heterocycles. The van der Waals surface area contributed by atoms with Gasteiger partial charge in [0.1, 0.15) is 0 Å². The first-order chi connectivity index (χ1) is 6.95. The van der Waals surface area contributed by atoms with Crippen LogP contribution < -0.4 is 5.32 Å². The standard InChI is InChI=1S/C9H8Cl3NOS/c1-6-2-4-7(5-3-6)13-8(14)9(10,11)15-12/h2-5H,1H3,(H,13,14). The highest BCUT2D eigenvalue weighted by molar-refractivity contribution is 8.24. The van der Waals surface area contributed by atoms with Crippen LogP contribution in [0, 0.1) is 6.92 Å². The van der Waals surface area contributed by atoms with Gasteiger partial charge >= 0.3 is 0 Å². The molecule has 0 heterocycles. The molecule has 1 amide bonds. The van der Waals surface area contributed by atoms with Crippen LogP contribution in [0.4, 0.5) is 5.69 Å². The van der Waals surface area contributed by atoms with E-state index in [2.05, 4.69) is 5.32 Å². The molecule has 1 aromatic carbocycles. The van der Waals surface area contributed by atoms with Crippen molar-refractivity contribution < 1.29 is 4.79 Å². The summed E-state index contributed by atoms with van der Waals surface area (Å²) < 4.78 is -1.67. The maximum Gasteiger partial charge on any atom is 0.272 e. The Hall–Kier alpha value is -0.0900. The van der Waals surface area contributed by atoms with Gasteiger partial charge in [0, 0.05) is 5.69 Å². The molecular weight excluding hydrogens is 277 g/mol. The molecule has 0 aliphatic carbocycles. The van der Waals surface area contributed by atoms with Crippen LogP contribution in [0.15, 0.2) is 24.3 Å². The highest BCUT2D eigenvalue weighted by Gasteiger charge is 2.34. The van der Waals surface area contributed by atoms with Crippen molar-refractivity contribution in [3.63, 3.8) is 0 Å². The van der Waals surface area contributed by atoms with Crippen LogP contribution in [0.5, 0.6) is 0 Å². The van der Waals surface area contributed by atoms with Gasteiger partial charge in [-0.25, -0.2) is 0 Å². The van der Waals surface area contributed by atoms with E-state index in [-0.39, 0.29) is 0 Å². The van der Waals surface area contributed by atoms with Crippen LogP contribution in [0.25, 0.3) is 0 Å². The molecule has 15 heavy (non-hydrogen) atoms. The van der Waals surface area contributed by atoms with Crippen molar-refractivity contribution in [2.24, 2.45) is 0 Å². The number of nitrogens with one attached hydrogen (secondary N) is 1. The van der Waals surface area contributed by atoms with E-state index in [1.807, 2.05) is 19.1 Å². The van der Waals surface area contributed by atoms with Gasteiger partial charge in [0.05, 0.1) is 0 Å². The van der Waals surface area contributed by atoms with Crippen LogP contribution in [0.2, 0.25) is 0 Å². The SMILES string of the molecule is Cc1ccc(NC(=O)C(Cl)(Cl)SCl)cc1. The molecule has 0 fully saturated rings. The first-order valence-corrected chi connectivity index (χ1v) is 6.41. The quantitative estimate of drug-likeness (QED) is 0.852. The maximum atomic E-state index is 11.5. The zero-order chi connectivity index (χ0) is 11.5. The molecule has 0 spiro atoms. The Morgan fingerprint density at radius 1 is 1.33 bits per heavy atom. The molecule has 0 saturated carbocycles. The minimum atomic E-state index is -1.67. The van der Waals surface area contributed by atoms with E-state index in [9.17, 15) is 4.79 Å². The van der Waals surface area contributed by atoms with E-state index in [0.717, 1.165) is 5.56 Å². The van der Waals surface area contributed by atoms with Gasteiger partial charge in [-0.15, -0.1) is 0 Å². The topological polar surface area (TPSA) is 29.1 Å². The number of alkyl halides is 2. The summed E-state index contributed by atoms with van der Waals surface area (Å²) in [6.45, 7) is 1.95. The number of amides is 1. The van der Waals surface area contributed by atoms with Crippen molar-refractivity contribution in [2.75, 3.05) is 5.32 Å². The molecule has 0 aliphatic rings. The van der Waals surface area contributed by atoms with Crippen molar-refractivity contribution in [1.82, 2.24) is 0 Å². The van der Waals surface area contributed by atoms with Crippen LogP contribution >= 0.6 is 44.9 Å². The summed E-state index contributed by atoms with van der Waals surface area (Å²) in [5.41, 5.74) is 1.73. The summed E-state index contributed by atoms with van der Waals surface area (Å²) in [6.07, 6.45) is 0. The Kier molecular flexibility index (Phi) is 4.59. The molecule has 0 aromatic heterocycles. The lowest BCUT2D eigenvalue weighted by Gasteiger charge is -2.14. The predicted octanol–water partition coefficient (Wildman–Crippen LogP) is 3.95. The summed E-state index contributed by atoms with van der Waals surface area (Å²) >= 11 is 11.3. The smallest absolute Gasteiger partial charge is 0.272 e. The summed E-state index contributed by atoms with van der Waals surface area (Å²) in [4.78, 5) is 11.5. The molecule has 0 radical (unpaired) electrons. The Labute approximate surface area is 107 Å². The van der Waals surface area contributed by atoms with Gasteiger partial charge in [-0.1, -0.05) is 40.9 Å². The third-order valence-electron chi connectivity index (χ3n) is 1.67. The third kappa shape index (κ3) is 3.76. The molecule has 0 saturated heterocycles. The molecule has 2 nitrogen and oxygen atoms in total. The first kappa shape index (κ1) is 13.0. The zero-order valence-corrected chi connectivity index (χ0v) is 10.8. The van der Waals surface area contributed by atoms with E-state index in [0.29, 0.717) is 16.7 Å². The Bertz CT molecular complexity index is 353. The molecular formula is C9H8Cl3NOS. The normalized spacial score (nSPS) is 11.2. The second-order valence-corrected chi connectivity index (χ2v) is 5.92. The van der Waals surface area contributed by atoms with Gasteiger partial charge in [-0.3, -0.25) is 4.79 Å². The van der Waals surface area contributed by atoms with E-state index < -0.39 is 9.57 Å². The van der Waals surface area contributed by atoms with E-state index in [4.69, 9.17) is 33.9 Å². The van der Waals surface area contributed by atoms with Gasteiger partial charge < -0.3 is 5.32 Å². The number of hydrogen-bond donors (Lipinski definition) is 1. The number of benzene rings is 1. The molecule has 1 aromatic rings. The Balaban J connectivity index is 2.71. The minimum absolute atomic E-state index is 0.549. The fourth-order valence-electron chi connectivity index (χ4n) is 0.876. The van der Waals surface area contributed by atoms with E-state index in [1.165, 1.54) is 0 Å². The third-order valence-corrected chi connectivity index (χ3v) is 4.02. The maximum absolute atomic E-state index is 11.5. The second kappa shape index (κ2) is 5.30. The van der Waals surface area contributed by atoms with Gasteiger partial charge in [0.15, 0.2) is 0 Å². The summed E-state index contributed by atoms with van der Waals surface area (Å²) in [6, 6.07) is 7.26. The van der Waals surface area contributed by atoms with Crippen LogP contribution in [0.1, 0.15) is 5.56 Å². The number of carbonyl (C=O) groups is 1. The van der Waals surface area contributed by atoms with Crippen molar-refractivity contribution >= 4 is 56.5 Å². The molecule has 0 bridgehead atoms. The minimum Gasteiger partial charge on any atom is -0.323 e. The highest BCUT2D eigenvalue weighted by Crippen LogP contribution is 2.38. The van der Waals surface area contributed by atoms with Gasteiger partial charge in [0.25, 0.3) is 9.57 Å². The van der Waals surface area contributed by atoms with Gasteiger partial charge in [-0.05, 0) is 40.7 Å². The van der Waals surface area contributed by atoms with Crippen LogP contribution in [0.3, 0.4) is 0 Å². The fraction of sp³-hybridized carbons (Fsp3) is 0.222. The lowest BCUT2D eigenvalue weighted by atomic mass is 10.2.